The lowest BCUT2D eigenvalue weighted by atomic mass is 10.2. The van der Waals surface area contributed by atoms with Crippen LogP contribution >= 0.6 is 34.8 Å². The quantitative estimate of drug-likeness (QED) is 0.839. The summed E-state index contributed by atoms with van der Waals surface area (Å²) in [5.41, 5.74) is 1.78. The van der Waals surface area contributed by atoms with Crippen LogP contribution in [0.15, 0.2) is 36.4 Å². The van der Waals surface area contributed by atoms with Crippen LogP contribution in [0.5, 0.6) is 5.75 Å². The maximum absolute atomic E-state index is 9.31. The number of halogens is 3. The molecular formula is C13H10Cl3NO. The first-order chi connectivity index (χ1) is 8.54. The highest BCUT2D eigenvalue weighted by molar-refractivity contribution is 6.35. The second-order valence-electron chi connectivity index (χ2n) is 3.80. The summed E-state index contributed by atoms with van der Waals surface area (Å²) < 4.78 is 0. The lowest BCUT2D eigenvalue weighted by Gasteiger charge is -2.08. The Morgan fingerprint density at radius 2 is 1.61 bits per heavy atom. The van der Waals surface area contributed by atoms with Crippen molar-refractivity contribution in [3.05, 3.63) is 57.0 Å². The van der Waals surface area contributed by atoms with E-state index in [1.54, 1.807) is 36.4 Å². The predicted molar refractivity (Wildman–Crippen MR) is 76.9 cm³/mol. The zero-order chi connectivity index (χ0) is 13.1. The molecule has 0 aliphatic rings. The Hall–Kier alpha value is -1.09. The normalized spacial score (nSPS) is 10.4. The number of anilines is 1. The number of rotatable bonds is 3. The Bertz CT molecular complexity index is 552. The van der Waals surface area contributed by atoms with E-state index in [0.717, 1.165) is 11.3 Å². The molecule has 0 amide bonds. The van der Waals surface area contributed by atoms with Gasteiger partial charge in [-0.05, 0) is 35.9 Å². The van der Waals surface area contributed by atoms with E-state index in [2.05, 4.69) is 5.32 Å². The molecule has 0 aliphatic heterocycles. The van der Waals surface area contributed by atoms with E-state index in [1.165, 1.54) is 0 Å². The van der Waals surface area contributed by atoms with Gasteiger partial charge in [-0.15, -0.1) is 0 Å². The van der Waals surface area contributed by atoms with Gasteiger partial charge in [0.25, 0.3) is 0 Å². The first-order valence-corrected chi connectivity index (χ1v) is 6.35. The zero-order valence-electron chi connectivity index (χ0n) is 9.25. The molecule has 5 heteroatoms. The molecule has 0 saturated carbocycles. The van der Waals surface area contributed by atoms with Crippen LogP contribution in [0.2, 0.25) is 15.1 Å². The van der Waals surface area contributed by atoms with E-state index in [4.69, 9.17) is 34.8 Å². The highest BCUT2D eigenvalue weighted by Crippen LogP contribution is 2.25. The Labute approximate surface area is 120 Å². The van der Waals surface area contributed by atoms with Gasteiger partial charge in [0.2, 0.25) is 0 Å². The van der Waals surface area contributed by atoms with Gasteiger partial charge in [-0.3, -0.25) is 0 Å². The summed E-state index contributed by atoms with van der Waals surface area (Å²) in [7, 11) is 0. The minimum absolute atomic E-state index is 0.0752. The first kappa shape index (κ1) is 13.3. The van der Waals surface area contributed by atoms with Crippen LogP contribution in [0.1, 0.15) is 5.56 Å². The van der Waals surface area contributed by atoms with E-state index in [1.807, 2.05) is 0 Å². The van der Waals surface area contributed by atoms with Gasteiger partial charge in [0.05, 0.1) is 5.02 Å². The fourth-order valence-electron chi connectivity index (χ4n) is 1.52. The van der Waals surface area contributed by atoms with Gasteiger partial charge in [-0.2, -0.15) is 0 Å². The lowest BCUT2D eigenvalue weighted by Crippen LogP contribution is -1.99. The van der Waals surface area contributed by atoms with Crippen LogP contribution in [0.4, 0.5) is 5.69 Å². The molecule has 2 aromatic carbocycles. The molecule has 0 aliphatic carbocycles. The van der Waals surface area contributed by atoms with Crippen molar-refractivity contribution in [2.24, 2.45) is 0 Å². The molecular weight excluding hydrogens is 293 g/mol. The first-order valence-electron chi connectivity index (χ1n) is 5.22. The van der Waals surface area contributed by atoms with E-state index >= 15 is 0 Å². The van der Waals surface area contributed by atoms with Gasteiger partial charge in [0, 0.05) is 22.3 Å². The van der Waals surface area contributed by atoms with Gasteiger partial charge < -0.3 is 10.4 Å². The summed E-state index contributed by atoms with van der Waals surface area (Å²) in [6.07, 6.45) is 0. The molecule has 0 spiro atoms. The minimum atomic E-state index is 0.0752. The van der Waals surface area contributed by atoms with E-state index in [-0.39, 0.29) is 5.75 Å². The molecule has 94 valence electrons. The van der Waals surface area contributed by atoms with E-state index in [9.17, 15) is 5.11 Å². The Kier molecular flexibility index (Phi) is 4.23. The minimum Gasteiger partial charge on any atom is -0.506 e. The van der Waals surface area contributed by atoms with Crippen molar-refractivity contribution in [2.75, 3.05) is 5.32 Å². The third kappa shape index (κ3) is 3.45. The molecule has 2 rings (SSSR count). The van der Waals surface area contributed by atoms with Gasteiger partial charge in [-0.25, -0.2) is 0 Å². The van der Waals surface area contributed by atoms with Crippen molar-refractivity contribution in [1.29, 1.82) is 0 Å². The summed E-state index contributed by atoms with van der Waals surface area (Å²) in [5.74, 6) is 0.0752. The number of nitrogens with one attached hydrogen (secondary N) is 1. The summed E-state index contributed by atoms with van der Waals surface area (Å²) >= 11 is 17.6. The van der Waals surface area contributed by atoms with Crippen molar-refractivity contribution in [3.8, 4) is 5.75 Å². The topological polar surface area (TPSA) is 32.3 Å². The molecule has 0 unspecified atom stereocenters. The molecule has 2 aromatic rings. The number of hydrogen-bond donors (Lipinski definition) is 2. The fourth-order valence-corrected chi connectivity index (χ4v) is 2.25. The van der Waals surface area contributed by atoms with E-state index in [0.29, 0.717) is 21.6 Å². The molecule has 0 aromatic heterocycles. The largest absolute Gasteiger partial charge is 0.506 e. The molecule has 18 heavy (non-hydrogen) atoms. The summed E-state index contributed by atoms with van der Waals surface area (Å²) in [6.45, 7) is 0.566. The van der Waals surface area contributed by atoms with Gasteiger partial charge >= 0.3 is 0 Å². The van der Waals surface area contributed by atoms with Crippen LogP contribution in [0, 0.1) is 0 Å². The van der Waals surface area contributed by atoms with Crippen molar-refractivity contribution in [3.63, 3.8) is 0 Å². The third-order valence-corrected chi connectivity index (χ3v) is 3.11. The average molecular weight is 303 g/mol. The van der Waals surface area contributed by atoms with Crippen molar-refractivity contribution >= 4 is 40.5 Å². The Balaban J connectivity index is 2.08. The van der Waals surface area contributed by atoms with E-state index < -0.39 is 0 Å². The molecule has 0 heterocycles. The van der Waals surface area contributed by atoms with Crippen LogP contribution in [-0.4, -0.2) is 5.11 Å². The molecule has 0 fully saturated rings. The summed E-state index contributed by atoms with van der Waals surface area (Å²) in [4.78, 5) is 0. The lowest BCUT2D eigenvalue weighted by molar-refractivity contribution is 0.475. The summed E-state index contributed by atoms with van der Waals surface area (Å²) in [6, 6.07) is 10.3. The SMILES string of the molecule is Oc1ccc(CNc2cc(Cl)cc(Cl)c2)cc1Cl. The van der Waals surface area contributed by atoms with Gasteiger partial charge in [0.1, 0.15) is 5.75 Å². The number of phenols is 1. The number of aromatic hydroxyl groups is 1. The number of benzene rings is 2. The monoisotopic (exact) mass is 301 g/mol. The van der Waals surface area contributed by atoms with Crippen LogP contribution in [-0.2, 0) is 6.54 Å². The van der Waals surface area contributed by atoms with Crippen LogP contribution < -0.4 is 5.32 Å². The van der Waals surface area contributed by atoms with Crippen LogP contribution in [0.3, 0.4) is 0 Å². The average Bonchev–Trinajstić information content (AvgIpc) is 2.29. The fraction of sp³-hybridized carbons (Fsp3) is 0.0769. The number of hydrogen-bond acceptors (Lipinski definition) is 2. The predicted octanol–water partition coefficient (Wildman–Crippen LogP) is 4.96. The summed E-state index contributed by atoms with van der Waals surface area (Å²) in [5, 5.41) is 14.0. The van der Waals surface area contributed by atoms with Crippen molar-refractivity contribution in [2.45, 2.75) is 6.54 Å². The van der Waals surface area contributed by atoms with Gasteiger partial charge in [-0.1, -0.05) is 40.9 Å². The molecule has 0 radical (unpaired) electrons. The maximum Gasteiger partial charge on any atom is 0.134 e. The number of phenolic OH excluding ortho intramolecular Hbond substituents is 1. The Morgan fingerprint density at radius 3 is 2.22 bits per heavy atom. The molecule has 2 nitrogen and oxygen atoms in total. The standard InChI is InChI=1S/C13H10Cl3NO/c14-9-4-10(15)6-11(5-9)17-7-8-1-2-13(18)12(16)3-8/h1-6,17-18H,7H2. The second kappa shape index (κ2) is 5.70. The third-order valence-electron chi connectivity index (χ3n) is 2.37. The van der Waals surface area contributed by atoms with Crippen LogP contribution in [0.25, 0.3) is 0 Å². The molecule has 0 saturated heterocycles. The smallest absolute Gasteiger partial charge is 0.134 e. The van der Waals surface area contributed by atoms with Crippen molar-refractivity contribution < 1.29 is 5.11 Å². The highest BCUT2D eigenvalue weighted by atomic mass is 35.5. The van der Waals surface area contributed by atoms with Crippen molar-refractivity contribution in [1.82, 2.24) is 0 Å². The molecule has 0 bridgehead atoms. The maximum atomic E-state index is 9.31. The molecule has 0 atom stereocenters. The molecule has 2 N–H and O–H groups in total. The van der Waals surface area contributed by atoms with Gasteiger partial charge in [0.15, 0.2) is 0 Å². The Morgan fingerprint density at radius 1 is 0.944 bits per heavy atom. The zero-order valence-corrected chi connectivity index (χ0v) is 11.5. The highest BCUT2D eigenvalue weighted by Gasteiger charge is 2.01. The second-order valence-corrected chi connectivity index (χ2v) is 5.08.